The molecule has 0 spiro atoms. The second-order valence-corrected chi connectivity index (χ2v) is 3.41. The SMILES string of the molecule is C=C(C)C(=C)OC1(C)CCC(=O)O1. The zero-order valence-electron chi connectivity index (χ0n) is 8.05. The number of cyclic esters (lactones) is 1. The molecule has 0 saturated carbocycles. The molecule has 0 aromatic carbocycles. The first-order chi connectivity index (χ1) is 5.93. The van der Waals surface area contributed by atoms with Gasteiger partial charge in [0, 0.05) is 13.3 Å². The second-order valence-electron chi connectivity index (χ2n) is 3.41. The molecule has 1 saturated heterocycles. The molecule has 0 bridgehead atoms. The highest BCUT2D eigenvalue weighted by Crippen LogP contribution is 2.30. The van der Waals surface area contributed by atoms with Gasteiger partial charge in [0.2, 0.25) is 0 Å². The molecule has 1 atom stereocenters. The molecule has 0 aromatic heterocycles. The molecule has 1 aliphatic rings. The lowest BCUT2D eigenvalue weighted by Crippen LogP contribution is -2.27. The summed E-state index contributed by atoms with van der Waals surface area (Å²) in [6, 6.07) is 0. The van der Waals surface area contributed by atoms with Gasteiger partial charge in [-0.15, -0.1) is 0 Å². The maximum atomic E-state index is 10.9. The van der Waals surface area contributed by atoms with Crippen molar-refractivity contribution < 1.29 is 14.3 Å². The molecule has 0 radical (unpaired) electrons. The quantitative estimate of drug-likeness (QED) is 0.381. The van der Waals surface area contributed by atoms with E-state index in [4.69, 9.17) is 9.47 Å². The number of esters is 1. The first-order valence-corrected chi connectivity index (χ1v) is 4.18. The molecule has 0 aromatic rings. The van der Waals surface area contributed by atoms with Crippen molar-refractivity contribution in [3.8, 4) is 0 Å². The van der Waals surface area contributed by atoms with Crippen molar-refractivity contribution in [2.45, 2.75) is 32.5 Å². The van der Waals surface area contributed by atoms with Crippen LogP contribution in [0.5, 0.6) is 0 Å². The smallest absolute Gasteiger partial charge is 0.309 e. The third-order valence-corrected chi connectivity index (χ3v) is 1.93. The van der Waals surface area contributed by atoms with Crippen molar-refractivity contribution in [3.63, 3.8) is 0 Å². The van der Waals surface area contributed by atoms with Gasteiger partial charge in [0.15, 0.2) is 0 Å². The maximum Gasteiger partial charge on any atom is 0.309 e. The normalized spacial score (nSPS) is 26.8. The predicted molar refractivity (Wildman–Crippen MR) is 48.8 cm³/mol. The molecule has 3 nitrogen and oxygen atoms in total. The van der Waals surface area contributed by atoms with Crippen molar-refractivity contribution in [3.05, 3.63) is 24.5 Å². The van der Waals surface area contributed by atoms with Gasteiger partial charge >= 0.3 is 5.97 Å². The maximum absolute atomic E-state index is 10.9. The number of rotatable bonds is 3. The molecule has 1 fully saturated rings. The lowest BCUT2D eigenvalue weighted by molar-refractivity contribution is -0.187. The summed E-state index contributed by atoms with van der Waals surface area (Å²) in [6.07, 6.45) is 0.970. The summed E-state index contributed by atoms with van der Waals surface area (Å²) in [5.74, 6) is -0.596. The molecule has 0 amide bonds. The van der Waals surface area contributed by atoms with Crippen LogP contribution in [0.4, 0.5) is 0 Å². The Morgan fingerprint density at radius 2 is 2.23 bits per heavy atom. The summed E-state index contributed by atoms with van der Waals surface area (Å²) >= 11 is 0. The van der Waals surface area contributed by atoms with Crippen LogP contribution in [0, 0.1) is 0 Å². The third kappa shape index (κ3) is 2.34. The Morgan fingerprint density at radius 3 is 2.62 bits per heavy atom. The van der Waals surface area contributed by atoms with E-state index in [1.807, 2.05) is 0 Å². The fraction of sp³-hybridized carbons (Fsp3) is 0.500. The summed E-state index contributed by atoms with van der Waals surface area (Å²) in [4.78, 5) is 10.9. The Labute approximate surface area is 78.0 Å². The zero-order valence-corrected chi connectivity index (χ0v) is 8.05. The standard InChI is InChI=1S/C10H14O3/c1-7(2)8(3)12-10(4)6-5-9(11)13-10/h1,3,5-6H2,2,4H3. The van der Waals surface area contributed by atoms with Gasteiger partial charge in [0.05, 0.1) is 6.42 Å². The second kappa shape index (κ2) is 3.24. The largest absolute Gasteiger partial charge is 0.453 e. The molecular weight excluding hydrogens is 168 g/mol. The molecule has 72 valence electrons. The van der Waals surface area contributed by atoms with Crippen molar-refractivity contribution >= 4 is 5.97 Å². The monoisotopic (exact) mass is 182 g/mol. The van der Waals surface area contributed by atoms with E-state index >= 15 is 0 Å². The Hall–Kier alpha value is -1.25. The molecule has 1 aliphatic heterocycles. The van der Waals surface area contributed by atoms with Gasteiger partial charge < -0.3 is 9.47 Å². The van der Waals surface area contributed by atoms with E-state index in [1.54, 1.807) is 13.8 Å². The summed E-state index contributed by atoms with van der Waals surface area (Å²) in [5.41, 5.74) is 0.740. The molecule has 13 heavy (non-hydrogen) atoms. The summed E-state index contributed by atoms with van der Waals surface area (Å²) in [5, 5.41) is 0. The Bertz CT molecular complexity index is 267. The minimum atomic E-state index is -0.840. The van der Waals surface area contributed by atoms with Crippen LogP contribution in [0.3, 0.4) is 0 Å². The van der Waals surface area contributed by atoms with E-state index in [0.717, 1.165) is 5.57 Å². The summed E-state index contributed by atoms with van der Waals surface area (Å²) in [7, 11) is 0. The number of hydrogen-bond acceptors (Lipinski definition) is 3. The highest BCUT2D eigenvalue weighted by molar-refractivity contribution is 5.71. The van der Waals surface area contributed by atoms with E-state index in [1.165, 1.54) is 0 Å². The zero-order chi connectivity index (χ0) is 10.1. The van der Waals surface area contributed by atoms with Crippen LogP contribution in [0.15, 0.2) is 24.5 Å². The highest BCUT2D eigenvalue weighted by atomic mass is 16.7. The lowest BCUT2D eigenvalue weighted by Gasteiger charge is -2.25. The van der Waals surface area contributed by atoms with Gasteiger partial charge in [-0.05, 0) is 12.5 Å². The molecule has 1 heterocycles. The molecule has 0 aliphatic carbocycles. The van der Waals surface area contributed by atoms with Crippen molar-refractivity contribution in [2.24, 2.45) is 0 Å². The van der Waals surface area contributed by atoms with Gasteiger partial charge in [-0.2, -0.15) is 0 Å². The lowest BCUT2D eigenvalue weighted by atomic mass is 10.2. The number of ether oxygens (including phenoxy) is 2. The summed E-state index contributed by atoms with van der Waals surface area (Å²) < 4.78 is 10.4. The van der Waals surface area contributed by atoms with Crippen LogP contribution < -0.4 is 0 Å². The van der Waals surface area contributed by atoms with E-state index in [0.29, 0.717) is 18.6 Å². The molecular formula is C10H14O3. The van der Waals surface area contributed by atoms with Gasteiger partial charge in [0.1, 0.15) is 5.76 Å². The van der Waals surface area contributed by atoms with Crippen molar-refractivity contribution in [2.75, 3.05) is 0 Å². The highest BCUT2D eigenvalue weighted by Gasteiger charge is 2.38. The van der Waals surface area contributed by atoms with Gasteiger partial charge in [-0.25, -0.2) is 0 Å². The van der Waals surface area contributed by atoms with E-state index in [2.05, 4.69) is 13.2 Å². The average Bonchev–Trinajstić information content (AvgIpc) is 2.30. The minimum Gasteiger partial charge on any atom is -0.453 e. The van der Waals surface area contributed by atoms with Crippen LogP contribution in [0.2, 0.25) is 0 Å². The van der Waals surface area contributed by atoms with Crippen LogP contribution in [0.1, 0.15) is 26.7 Å². The molecule has 1 rings (SSSR count). The number of carbonyl (C=O) groups is 1. The van der Waals surface area contributed by atoms with Crippen LogP contribution in [0.25, 0.3) is 0 Å². The fourth-order valence-corrected chi connectivity index (χ4v) is 1.09. The van der Waals surface area contributed by atoms with Crippen LogP contribution in [-0.2, 0) is 14.3 Å². The first-order valence-electron chi connectivity index (χ1n) is 4.18. The Morgan fingerprint density at radius 1 is 1.62 bits per heavy atom. The van der Waals surface area contributed by atoms with E-state index < -0.39 is 5.79 Å². The van der Waals surface area contributed by atoms with Crippen LogP contribution >= 0.6 is 0 Å². The van der Waals surface area contributed by atoms with Gasteiger partial charge in [-0.3, -0.25) is 4.79 Å². The molecule has 3 heteroatoms. The van der Waals surface area contributed by atoms with Crippen LogP contribution in [-0.4, -0.2) is 11.8 Å². The Balaban J connectivity index is 2.58. The van der Waals surface area contributed by atoms with E-state index in [-0.39, 0.29) is 5.97 Å². The minimum absolute atomic E-state index is 0.225. The number of hydrogen-bond donors (Lipinski definition) is 0. The fourth-order valence-electron chi connectivity index (χ4n) is 1.09. The van der Waals surface area contributed by atoms with Gasteiger partial charge in [-0.1, -0.05) is 13.2 Å². The summed E-state index contributed by atoms with van der Waals surface area (Å²) in [6.45, 7) is 10.9. The average molecular weight is 182 g/mol. The van der Waals surface area contributed by atoms with E-state index in [9.17, 15) is 4.79 Å². The molecule has 0 N–H and O–H groups in total. The van der Waals surface area contributed by atoms with Gasteiger partial charge in [0.25, 0.3) is 5.79 Å². The third-order valence-electron chi connectivity index (χ3n) is 1.93. The van der Waals surface area contributed by atoms with Crippen molar-refractivity contribution in [1.82, 2.24) is 0 Å². The predicted octanol–water partition coefficient (Wildman–Crippen LogP) is 2.15. The number of carbonyl (C=O) groups excluding carboxylic acids is 1. The first kappa shape index (κ1) is 9.84. The molecule has 1 unspecified atom stereocenters. The van der Waals surface area contributed by atoms with Crippen molar-refractivity contribution in [1.29, 1.82) is 0 Å². The number of allylic oxidation sites excluding steroid dienone is 1. The topological polar surface area (TPSA) is 35.5 Å². The Kier molecular flexibility index (Phi) is 2.45.